The molecular formula is C9H10N4O3S. The van der Waals surface area contributed by atoms with Gasteiger partial charge in [-0.25, -0.2) is 0 Å². The molecule has 2 N–H and O–H groups in total. The van der Waals surface area contributed by atoms with Crippen LogP contribution in [0.4, 0.5) is 0 Å². The first-order valence-electron chi connectivity index (χ1n) is 4.55. The van der Waals surface area contributed by atoms with Gasteiger partial charge in [0, 0.05) is 7.05 Å². The van der Waals surface area contributed by atoms with Gasteiger partial charge in [0.1, 0.15) is 0 Å². The van der Waals surface area contributed by atoms with Gasteiger partial charge in [0.15, 0.2) is 5.16 Å². The molecule has 0 spiro atoms. The second-order valence-electron chi connectivity index (χ2n) is 2.97. The molecule has 0 aliphatic carbocycles. The summed E-state index contributed by atoms with van der Waals surface area (Å²) in [7, 11) is 1.52. The predicted octanol–water partition coefficient (Wildman–Crippen LogP) is -1.69. The minimum Gasteiger partial charge on any atom is -0.344 e. The van der Waals surface area contributed by atoms with E-state index in [0.717, 1.165) is 11.8 Å². The number of rotatable bonds is 4. The Morgan fingerprint density at radius 2 is 2.35 bits per heavy atom. The summed E-state index contributed by atoms with van der Waals surface area (Å²) in [5, 5.41) is 5.00. The SMILES string of the molecule is C#CCNC(=O)CSc1nc(=O)c(=O)[nH]n1C. The average Bonchev–Trinajstić information content (AvgIpc) is 2.29. The van der Waals surface area contributed by atoms with Crippen LogP contribution in [-0.2, 0) is 11.8 Å². The Bertz CT molecular complexity index is 569. The first-order chi connectivity index (χ1) is 8.04. The van der Waals surface area contributed by atoms with Crippen molar-refractivity contribution in [3.05, 3.63) is 20.7 Å². The van der Waals surface area contributed by atoms with Crippen LogP contribution in [0.1, 0.15) is 0 Å². The summed E-state index contributed by atoms with van der Waals surface area (Å²) in [5.74, 6) is 2.06. The first-order valence-corrected chi connectivity index (χ1v) is 5.53. The predicted molar refractivity (Wildman–Crippen MR) is 62.7 cm³/mol. The zero-order chi connectivity index (χ0) is 12.8. The highest BCUT2D eigenvalue weighted by Gasteiger charge is 2.07. The lowest BCUT2D eigenvalue weighted by atomic mass is 10.6. The van der Waals surface area contributed by atoms with E-state index in [9.17, 15) is 14.4 Å². The van der Waals surface area contributed by atoms with Crippen molar-refractivity contribution in [2.75, 3.05) is 12.3 Å². The lowest BCUT2D eigenvalue weighted by Crippen LogP contribution is -2.34. The molecule has 1 aromatic heterocycles. The number of aromatic nitrogens is 3. The molecule has 1 rings (SSSR count). The van der Waals surface area contributed by atoms with Crippen molar-refractivity contribution in [2.45, 2.75) is 5.16 Å². The molecule has 0 saturated carbocycles. The van der Waals surface area contributed by atoms with E-state index in [1.165, 1.54) is 11.7 Å². The van der Waals surface area contributed by atoms with Crippen LogP contribution in [0.15, 0.2) is 14.7 Å². The molecule has 0 aliphatic heterocycles. The van der Waals surface area contributed by atoms with Crippen LogP contribution in [0.2, 0.25) is 0 Å². The quantitative estimate of drug-likeness (QED) is 0.379. The van der Waals surface area contributed by atoms with Crippen molar-refractivity contribution in [1.29, 1.82) is 0 Å². The molecule has 1 aromatic rings. The van der Waals surface area contributed by atoms with E-state index in [1.807, 2.05) is 0 Å². The fourth-order valence-electron chi connectivity index (χ4n) is 0.920. The number of nitrogens with zero attached hydrogens (tertiary/aromatic N) is 2. The highest BCUT2D eigenvalue weighted by molar-refractivity contribution is 7.99. The number of carbonyl (C=O) groups excluding carboxylic acids is 1. The standard InChI is InChI=1S/C9H10N4O3S/c1-3-4-10-6(14)5-17-9-11-7(15)8(16)12-13(9)2/h1H,4-5H2,2H3,(H,10,14)(H,12,16). The van der Waals surface area contributed by atoms with Gasteiger partial charge < -0.3 is 5.32 Å². The van der Waals surface area contributed by atoms with Crippen molar-refractivity contribution >= 4 is 17.7 Å². The molecule has 17 heavy (non-hydrogen) atoms. The Morgan fingerprint density at radius 1 is 1.65 bits per heavy atom. The van der Waals surface area contributed by atoms with E-state index >= 15 is 0 Å². The molecular weight excluding hydrogens is 244 g/mol. The molecule has 8 heteroatoms. The van der Waals surface area contributed by atoms with Crippen molar-refractivity contribution in [3.8, 4) is 12.3 Å². The summed E-state index contributed by atoms with van der Waals surface area (Å²) < 4.78 is 1.28. The number of hydrogen-bond donors (Lipinski definition) is 2. The number of nitrogens with one attached hydrogen (secondary N) is 2. The summed E-state index contributed by atoms with van der Waals surface area (Å²) >= 11 is 1.03. The zero-order valence-corrected chi connectivity index (χ0v) is 9.84. The Labute approximate surface area is 101 Å². The minimum absolute atomic E-state index is 0.0635. The van der Waals surface area contributed by atoms with Crippen LogP contribution >= 0.6 is 11.8 Å². The van der Waals surface area contributed by atoms with Crippen molar-refractivity contribution in [1.82, 2.24) is 20.1 Å². The Hall–Kier alpha value is -2.01. The van der Waals surface area contributed by atoms with Crippen LogP contribution < -0.4 is 16.4 Å². The third kappa shape index (κ3) is 3.81. The van der Waals surface area contributed by atoms with Gasteiger partial charge in [0.2, 0.25) is 5.91 Å². The van der Waals surface area contributed by atoms with Crippen molar-refractivity contribution in [2.24, 2.45) is 7.05 Å². The van der Waals surface area contributed by atoms with Crippen LogP contribution in [0.5, 0.6) is 0 Å². The second-order valence-corrected chi connectivity index (χ2v) is 3.91. The highest BCUT2D eigenvalue weighted by atomic mass is 32.2. The zero-order valence-electron chi connectivity index (χ0n) is 9.02. The second kappa shape index (κ2) is 5.91. The van der Waals surface area contributed by atoms with Gasteiger partial charge in [0.25, 0.3) is 0 Å². The summed E-state index contributed by atoms with van der Waals surface area (Å²) in [6.45, 7) is 0.150. The van der Waals surface area contributed by atoms with Gasteiger partial charge in [-0.15, -0.1) is 6.42 Å². The largest absolute Gasteiger partial charge is 0.344 e. The topological polar surface area (TPSA) is 96.8 Å². The fourth-order valence-corrected chi connectivity index (χ4v) is 1.67. The molecule has 0 saturated heterocycles. The number of aryl methyl sites for hydroxylation is 1. The number of terminal acetylenes is 1. The van der Waals surface area contributed by atoms with E-state index in [0.29, 0.717) is 0 Å². The molecule has 7 nitrogen and oxygen atoms in total. The maximum absolute atomic E-state index is 11.2. The van der Waals surface area contributed by atoms with Crippen LogP contribution in [-0.4, -0.2) is 33.0 Å². The van der Waals surface area contributed by atoms with Crippen molar-refractivity contribution in [3.63, 3.8) is 0 Å². The van der Waals surface area contributed by atoms with Gasteiger partial charge in [-0.2, -0.15) is 4.98 Å². The normalized spacial score (nSPS) is 9.65. The lowest BCUT2D eigenvalue weighted by molar-refractivity contribution is -0.118. The fraction of sp³-hybridized carbons (Fsp3) is 0.333. The lowest BCUT2D eigenvalue weighted by Gasteiger charge is -2.05. The van der Waals surface area contributed by atoms with Gasteiger partial charge in [-0.05, 0) is 0 Å². The van der Waals surface area contributed by atoms with Crippen LogP contribution in [0, 0.1) is 12.3 Å². The van der Waals surface area contributed by atoms with E-state index in [1.54, 1.807) is 0 Å². The Balaban J connectivity index is 2.68. The number of aromatic amines is 1. The summed E-state index contributed by atoms with van der Waals surface area (Å²) in [6, 6.07) is 0. The molecule has 0 unspecified atom stereocenters. The average molecular weight is 254 g/mol. The van der Waals surface area contributed by atoms with Gasteiger partial charge in [-0.1, -0.05) is 17.7 Å². The Kier molecular flexibility index (Phi) is 4.54. The van der Waals surface area contributed by atoms with E-state index in [-0.39, 0.29) is 23.4 Å². The van der Waals surface area contributed by atoms with Crippen LogP contribution in [0.25, 0.3) is 0 Å². The van der Waals surface area contributed by atoms with Gasteiger partial charge in [-0.3, -0.25) is 24.2 Å². The highest BCUT2D eigenvalue weighted by Crippen LogP contribution is 2.09. The molecule has 90 valence electrons. The molecule has 0 aliphatic rings. The van der Waals surface area contributed by atoms with Gasteiger partial charge in [0.05, 0.1) is 12.3 Å². The minimum atomic E-state index is -0.880. The number of hydrogen-bond acceptors (Lipinski definition) is 5. The van der Waals surface area contributed by atoms with Gasteiger partial charge >= 0.3 is 11.1 Å². The molecule has 0 atom stereocenters. The maximum Gasteiger partial charge on any atom is 0.339 e. The smallest absolute Gasteiger partial charge is 0.339 e. The molecule has 0 aromatic carbocycles. The first kappa shape index (κ1) is 13.1. The third-order valence-electron chi connectivity index (χ3n) is 1.67. The van der Waals surface area contributed by atoms with E-state index in [4.69, 9.17) is 6.42 Å². The van der Waals surface area contributed by atoms with E-state index < -0.39 is 11.1 Å². The third-order valence-corrected chi connectivity index (χ3v) is 2.70. The van der Waals surface area contributed by atoms with Crippen LogP contribution in [0.3, 0.4) is 0 Å². The molecule has 1 heterocycles. The number of thioether (sulfide) groups is 1. The Morgan fingerprint density at radius 3 is 3.00 bits per heavy atom. The molecule has 0 radical (unpaired) electrons. The molecule has 1 amide bonds. The number of amides is 1. The number of H-pyrrole nitrogens is 1. The van der Waals surface area contributed by atoms with Crippen molar-refractivity contribution < 1.29 is 4.79 Å². The summed E-state index contributed by atoms with van der Waals surface area (Å²) in [6.07, 6.45) is 4.98. The van der Waals surface area contributed by atoms with E-state index in [2.05, 4.69) is 21.3 Å². The summed E-state index contributed by atoms with van der Waals surface area (Å²) in [5.41, 5.74) is -1.68. The monoisotopic (exact) mass is 254 g/mol. The number of carbonyl (C=O) groups is 1. The summed E-state index contributed by atoms with van der Waals surface area (Å²) in [4.78, 5) is 36.7. The maximum atomic E-state index is 11.2. The molecule has 0 fully saturated rings. The molecule has 0 bridgehead atoms.